The molecule has 0 heterocycles. The molecule has 0 aliphatic rings. The highest BCUT2D eigenvalue weighted by atomic mass is 127. The first-order valence-electron chi connectivity index (χ1n) is 3.66. The Labute approximate surface area is 93.3 Å². The van der Waals surface area contributed by atoms with Gasteiger partial charge in [-0.25, -0.2) is 4.21 Å². The summed E-state index contributed by atoms with van der Waals surface area (Å²) in [6.07, 6.45) is 0. The largest absolute Gasteiger partial charge is 0.391 e. The number of aliphatic hydroxyl groups excluding tert-OH is 1. The van der Waals surface area contributed by atoms with Crippen molar-refractivity contribution in [2.45, 2.75) is 4.90 Å². The molecule has 1 aromatic carbocycles. The maximum atomic E-state index is 11.5. The van der Waals surface area contributed by atoms with Crippen molar-refractivity contribution in [3.63, 3.8) is 0 Å². The minimum Gasteiger partial charge on any atom is -0.391 e. The molecule has 0 fully saturated rings. The van der Waals surface area contributed by atoms with E-state index in [4.69, 9.17) is 5.11 Å². The highest BCUT2D eigenvalue weighted by Gasteiger charge is 1.99. The number of hydrogen-bond donors (Lipinski definition) is 1. The van der Waals surface area contributed by atoms with Gasteiger partial charge in [0.1, 0.15) is 0 Å². The van der Waals surface area contributed by atoms with Crippen LogP contribution in [0, 0.1) is 0 Å². The Morgan fingerprint density at radius 3 is 2.62 bits per heavy atom. The van der Waals surface area contributed by atoms with Crippen molar-refractivity contribution >= 4 is 33.4 Å². The van der Waals surface area contributed by atoms with Gasteiger partial charge in [0.05, 0.1) is 17.4 Å². The molecule has 0 amide bonds. The second kappa shape index (κ2) is 5.51. The third-order valence-corrected chi connectivity index (χ3v) is 3.67. The lowest BCUT2D eigenvalue weighted by atomic mass is 10.4. The van der Waals surface area contributed by atoms with E-state index in [2.05, 4.69) is 0 Å². The minimum atomic E-state index is -1.14. The van der Waals surface area contributed by atoms with E-state index in [-0.39, 0.29) is 6.61 Å². The van der Waals surface area contributed by atoms with E-state index < -0.39 is 10.8 Å². The topological polar surface area (TPSA) is 37.3 Å². The smallest absolute Gasteiger partial charge is 0.0784 e. The molecule has 1 unspecified atom stereocenters. The molecule has 0 saturated heterocycles. The lowest BCUT2D eigenvalue weighted by molar-refractivity contribution is 0.341. The molecule has 1 aromatic rings. The summed E-state index contributed by atoms with van der Waals surface area (Å²) >= 11 is 1.97. The van der Waals surface area contributed by atoms with Crippen LogP contribution in [0.5, 0.6) is 0 Å². The predicted octanol–water partition coefficient (Wildman–Crippen LogP) is 2.06. The molecule has 0 aromatic heterocycles. The molecule has 0 radical (unpaired) electrons. The average molecular weight is 308 g/mol. The Kier molecular flexibility index (Phi) is 4.61. The van der Waals surface area contributed by atoms with Crippen molar-refractivity contribution in [3.05, 3.63) is 39.3 Å². The van der Waals surface area contributed by atoms with Crippen LogP contribution in [-0.2, 0) is 10.8 Å². The first-order valence-corrected chi connectivity index (χ1v) is 5.96. The second-order valence-electron chi connectivity index (χ2n) is 2.33. The van der Waals surface area contributed by atoms with E-state index in [0.29, 0.717) is 3.58 Å². The summed E-state index contributed by atoms with van der Waals surface area (Å²) in [4.78, 5) is 0.755. The van der Waals surface area contributed by atoms with Gasteiger partial charge in [0.25, 0.3) is 0 Å². The first-order chi connectivity index (χ1) is 6.24. The molecular weight excluding hydrogens is 299 g/mol. The van der Waals surface area contributed by atoms with Crippen LogP contribution in [-0.4, -0.2) is 15.9 Å². The Morgan fingerprint density at radius 2 is 2.08 bits per heavy atom. The van der Waals surface area contributed by atoms with Gasteiger partial charge in [-0.2, -0.15) is 0 Å². The van der Waals surface area contributed by atoms with Crippen molar-refractivity contribution in [3.8, 4) is 0 Å². The molecule has 1 N–H and O–H groups in total. The zero-order valence-corrected chi connectivity index (χ0v) is 9.79. The summed E-state index contributed by atoms with van der Waals surface area (Å²) in [6, 6.07) is 9.16. The summed E-state index contributed by atoms with van der Waals surface area (Å²) in [5.41, 5.74) is 0. The van der Waals surface area contributed by atoms with Gasteiger partial charge in [0.15, 0.2) is 0 Å². The molecule has 0 bridgehead atoms. The predicted molar refractivity (Wildman–Crippen MR) is 62.0 cm³/mol. The van der Waals surface area contributed by atoms with Crippen LogP contribution in [0.3, 0.4) is 0 Å². The van der Waals surface area contributed by atoms with Crippen molar-refractivity contribution in [1.82, 2.24) is 0 Å². The van der Waals surface area contributed by atoms with Crippen molar-refractivity contribution < 1.29 is 9.32 Å². The van der Waals surface area contributed by atoms with Crippen LogP contribution in [0.25, 0.3) is 0 Å². The van der Waals surface area contributed by atoms with Crippen molar-refractivity contribution in [1.29, 1.82) is 0 Å². The maximum Gasteiger partial charge on any atom is 0.0784 e. The summed E-state index contributed by atoms with van der Waals surface area (Å²) in [6.45, 7) is -0.0564. The highest BCUT2D eigenvalue weighted by Crippen LogP contribution is 2.12. The number of rotatable bonds is 3. The van der Waals surface area contributed by atoms with Crippen LogP contribution in [0.2, 0.25) is 0 Å². The second-order valence-corrected chi connectivity index (χ2v) is 5.02. The van der Waals surface area contributed by atoms with Gasteiger partial charge < -0.3 is 5.11 Å². The molecule has 0 saturated carbocycles. The summed E-state index contributed by atoms with van der Waals surface area (Å²) in [5, 5.41) is 10.3. The molecule has 2 nitrogen and oxygen atoms in total. The van der Waals surface area contributed by atoms with Gasteiger partial charge >= 0.3 is 0 Å². The number of benzene rings is 1. The minimum absolute atomic E-state index is 0.0564. The van der Waals surface area contributed by atoms with Gasteiger partial charge in [-0.05, 0) is 34.7 Å². The molecule has 1 atom stereocenters. The highest BCUT2D eigenvalue weighted by molar-refractivity contribution is 14.1. The van der Waals surface area contributed by atoms with E-state index >= 15 is 0 Å². The van der Waals surface area contributed by atoms with Crippen LogP contribution >= 0.6 is 22.6 Å². The van der Waals surface area contributed by atoms with Crippen molar-refractivity contribution in [2.24, 2.45) is 0 Å². The van der Waals surface area contributed by atoms with E-state index in [9.17, 15) is 4.21 Å². The molecule has 0 aliphatic carbocycles. The van der Waals surface area contributed by atoms with Gasteiger partial charge in [-0.15, -0.1) is 0 Å². The molecule has 4 heteroatoms. The Morgan fingerprint density at radius 1 is 1.46 bits per heavy atom. The van der Waals surface area contributed by atoms with E-state index in [0.717, 1.165) is 4.90 Å². The molecule has 0 spiro atoms. The van der Waals surface area contributed by atoms with Gasteiger partial charge in [0.2, 0.25) is 0 Å². The van der Waals surface area contributed by atoms with E-state index in [1.54, 1.807) is 17.5 Å². The molecule has 1 rings (SSSR count). The standard InChI is InChI=1S/C9H9IO2S/c10-8(6-11)7-13(12)9-4-2-1-3-5-9/h1-5,7,11H,6H2/b8-7-. The van der Waals surface area contributed by atoms with Gasteiger partial charge in [-0.1, -0.05) is 18.2 Å². The van der Waals surface area contributed by atoms with Crippen molar-refractivity contribution in [2.75, 3.05) is 6.61 Å². The normalized spacial score (nSPS) is 14.2. The van der Waals surface area contributed by atoms with E-state index in [1.807, 2.05) is 40.8 Å². The Balaban J connectivity index is 2.81. The Bertz CT molecular complexity index is 322. The fourth-order valence-corrected chi connectivity index (χ4v) is 2.34. The number of aliphatic hydroxyl groups is 1. The van der Waals surface area contributed by atoms with Gasteiger partial charge in [-0.3, -0.25) is 0 Å². The monoisotopic (exact) mass is 308 g/mol. The molecule has 0 aliphatic heterocycles. The molecule has 70 valence electrons. The third-order valence-electron chi connectivity index (χ3n) is 1.36. The zero-order valence-electron chi connectivity index (χ0n) is 6.81. The van der Waals surface area contributed by atoms with Crippen LogP contribution < -0.4 is 0 Å². The lowest BCUT2D eigenvalue weighted by Crippen LogP contribution is -1.88. The number of hydrogen-bond acceptors (Lipinski definition) is 2. The molecular formula is C9H9IO2S. The van der Waals surface area contributed by atoms with Gasteiger partial charge in [0, 0.05) is 13.9 Å². The SMILES string of the molecule is O=S(/C=C(\I)CO)c1ccccc1. The average Bonchev–Trinajstić information content (AvgIpc) is 2.19. The summed E-state index contributed by atoms with van der Waals surface area (Å²) in [7, 11) is -1.14. The number of halogens is 1. The van der Waals surface area contributed by atoms with E-state index in [1.165, 1.54) is 0 Å². The zero-order chi connectivity index (χ0) is 9.68. The third kappa shape index (κ3) is 3.58. The quantitative estimate of drug-likeness (QED) is 0.868. The fraction of sp³-hybridized carbons (Fsp3) is 0.111. The summed E-state index contributed by atoms with van der Waals surface area (Å²) in [5.74, 6) is 0. The van der Waals surface area contributed by atoms with Crippen LogP contribution in [0.4, 0.5) is 0 Å². The summed E-state index contributed by atoms with van der Waals surface area (Å²) < 4.78 is 12.2. The maximum absolute atomic E-state index is 11.5. The van der Waals surface area contributed by atoms with Crippen LogP contribution in [0.1, 0.15) is 0 Å². The lowest BCUT2D eigenvalue weighted by Gasteiger charge is -1.96. The van der Waals surface area contributed by atoms with Crippen LogP contribution in [0.15, 0.2) is 44.2 Å². The fourth-order valence-electron chi connectivity index (χ4n) is 0.776. The first kappa shape index (κ1) is 10.9. The Hall–Kier alpha value is -0.200. The molecule has 13 heavy (non-hydrogen) atoms.